The minimum Gasteiger partial charge on any atom is -0.490 e. The fourth-order valence-corrected chi connectivity index (χ4v) is 2.05. The highest BCUT2D eigenvalue weighted by molar-refractivity contribution is 5.48. The van der Waals surface area contributed by atoms with Crippen LogP contribution in [0.2, 0.25) is 0 Å². The van der Waals surface area contributed by atoms with Gasteiger partial charge in [0.25, 0.3) is 0 Å². The minimum absolute atomic E-state index is 0.0191. The second-order valence-corrected chi connectivity index (χ2v) is 4.75. The van der Waals surface area contributed by atoms with E-state index in [4.69, 9.17) is 4.74 Å². The molecule has 0 unspecified atom stereocenters. The van der Waals surface area contributed by atoms with E-state index in [2.05, 4.69) is 10.4 Å². The highest BCUT2D eigenvalue weighted by Crippen LogP contribution is 2.27. The first kappa shape index (κ1) is 15.0. The van der Waals surface area contributed by atoms with Crippen LogP contribution < -0.4 is 10.1 Å². The number of benzene rings is 1. The molecule has 0 bridgehead atoms. The normalized spacial score (nSPS) is 10.6. The molecule has 0 saturated heterocycles. The standard InChI is InChI=1S/C14H18N4O3/c1-10-12(9-16-17(10)2)8-15-7-11-4-5-14(21-3)13(6-11)18(19)20/h4-6,9,15H,7-8H2,1-3H3. The lowest BCUT2D eigenvalue weighted by molar-refractivity contribution is -0.385. The SMILES string of the molecule is COc1ccc(CNCc2cnn(C)c2C)cc1[N+](=O)[O-]. The van der Waals surface area contributed by atoms with Gasteiger partial charge in [0, 0.05) is 37.5 Å². The van der Waals surface area contributed by atoms with Crippen LogP contribution in [0.1, 0.15) is 16.8 Å². The van der Waals surface area contributed by atoms with Gasteiger partial charge in [-0.3, -0.25) is 14.8 Å². The predicted molar refractivity (Wildman–Crippen MR) is 78.1 cm³/mol. The van der Waals surface area contributed by atoms with E-state index in [0.29, 0.717) is 13.1 Å². The lowest BCUT2D eigenvalue weighted by atomic mass is 10.2. The van der Waals surface area contributed by atoms with Gasteiger partial charge in [-0.05, 0) is 18.6 Å². The molecule has 0 aliphatic rings. The van der Waals surface area contributed by atoms with Crippen molar-refractivity contribution < 1.29 is 9.66 Å². The Morgan fingerprint density at radius 1 is 1.43 bits per heavy atom. The molecular formula is C14H18N4O3. The number of rotatable bonds is 6. The Labute approximate surface area is 122 Å². The summed E-state index contributed by atoms with van der Waals surface area (Å²) in [6.45, 7) is 3.21. The number of nitrogens with zero attached hydrogens (tertiary/aromatic N) is 3. The zero-order valence-corrected chi connectivity index (χ0v) is 12.3. The van der Waals surface area contributed by atoms with E-state index in [1.807, 2.05) is 30.9 Å². The maximum absolute atomic E-state index is 11.0. The maximum atomic E-state index is 11.0. The Morgan fingerprint density at radius 3 is 2.76 bits per heavy atom. The van der Waals surface area contributed by atoms with Gasteiger partial charge in [-0.15, -0.1) is 0 Å². The quantitative estimate of drug-likeness (QED) is 0.649. The number of hydrogen-bond acceptors (Lipinski definition) is 5. The topological polar surface area (TPSA) is 82.2 Å². The summed E-state index contributed by atoms with van der Waals surface area (Å²) >= 11 is 0. The van der Waals surface area contributed by atoms with Crippen LogP contribution in [0, 0.1) is 17.0 Å². The van der Waals surface area contributed by atoms with E-state index in [-0.39, 0.29) is 11.4 Å². The van der Waals surface area contributed by atoms with E-state index in [9.17, 15) is 10.1 Å². The molecule has 0 spiro atoms. The van der Waals surface area contributed by atoms with Gasteiger partial charge in [0.15, 0.2) is 5.75 Å². The highest BCUT2D eigenvalue weighted by Gasteiger charge is 2.14. The Hall–Kier alpha value is -2.41. The van der Waals surface area contributed by atoms with Crippen molar-refractivity contribution in [3.05, 3.63) is 51.3 Å². The molecule has 1 heterocycles. The Balaban J connectivity index is 2.02. The predicted octanol–water partition coefficient (Wildman–Crippen LogP) is 1.94. The zero-order valence-electron chi connectivity index (χ0n) is 12.3. The first-order chi connectivity index (χ1) is 10.0. The van der Waals surface area contributed by atoms with E-state index in [1.165, 1.54) is 13.2 Å². The van der Waals surface area contributed by atoms with Crippen LogP contribution in [0.5, 0.6) is 5.75 Å². The van der Waals surface area contributed by atoms with Crippen LogP contribution in [0.15, 0.2) is 24.4 Å². The van der Waals surface area contributed by atoms with E-state index >= 15 is 0 Å². The molecule has 0 aliphatic heterocycles. The summed E-state index contributed by atoms with van der Waals surface area (Å²) in [5.41, 5.74) is 3.03. The molecule has 0 fully saturated rings. The largest absolute Gasteiger partial charge is 0.490 e. The van der Waals surface area contributed by atoms with Gasteiger partial charge in [-0.1, -0.05) is 6.07 Å². The number of nitro benzene ring substituents is 1. The van der Waals surface area contributed by atoms with Gasteiger partial charge in [0.1, 0.15) is 0 Å². The number of nitro groups is 1. The third kappa shape index (κ3) is 3.38. The van der Waals surface area contributed by atoms with Crippen molar-refractivity contribution in [2.45, 2.75) is 20.0 Å². The number of nitrogens with one attached hydrogen (secondary N) is 1. The molecule has 1 N–H and O–H groups in total. The number of aryl methyl sites for hydroxylation is 1. The fraction of sp³-hybridized carbons (Fsp3) is 0.357. The summed E-state index contributed by atoms with van der Waals surface area (Å²) in [6.07, 6.45) is 1.82. The van der Waals surface area contributed by atoms with Crippen molar-refractivity contribution in [2.24, 2.45) is 7.05 Å². The fourth-order valence-electron chi connectivity index (χ4n) is 2.05. The van der Waals surface area contributed by atoms with Crippen molar-refractivity contribution in [1.82, 2.24) is 15.1 Å². The summed E-state index contributed by atoms with van der Waals surface area (Å²) in [5.74, 6) is 0.270. The van der Waals surface area contributed by atoms with Gasteiger partial charge < -0.3 is 10.1 Å². The average molecular weight is 290 g/mol. The molecule has 112 valence electrons. The van der Waals surface area contributed by atoms with Crippen LogP contribution >= 0.6 is 0 Å². The number of ether oxygens (including phenoxy) is 1. The molecule has 0 saturated carbocycles. The highest BCUT2D eigenvalue weighted by atomic mass is 16.6. The lowest BCUT2D eigenvalue weighted by Crippen LogP contribution is -2.13. The van der Waals surface area contributed by atoms with Gasteiger partial charge in [0.2, 0.25) is 0 Å². The summed E-state index contributed by atoms with van der Waals surface area (Å²) in [6, 6.07) is 4.96. The van der Waals surface area contributed by atoms with Crippen LogP contribution in [-0.4, -0.2) is 21.8 Å². The van der Waals surface area contributed by atoms with E-state index in [0.717, 1.165) is 16.8 Å². The molecular weight excluding hydrogens is 272 g/mol. The number of methoxy groups -OCH3 is 1. The first-order valence-corrected chi connectivity index (χ1v) is 6.52. The number of aromatic nitrogens is 2. The van der Waals surface area contributed by atoms with Crippen molar-refractivity contribution in [1.29, 1.82) is 0 Å². The molecule has 0 aliphatic carbocycles. The van der Waals surface area contributed by atoms with Crippen molar-refractivity contribution >= 4 is 5.69 Å². The Morgan fingerprint density at radius 2 is 2.19 bits per heavy atom. The molecule has 21 heavy (non-hydrogen) atoms. The van der Waals surface area contributed by atoms with Gasteiger partial charge in [0.05, 0.1) is 18.2 Å². The molecule has 7 nitrogen and oxygen atoms in total. The smallest absolute Gasteiger partial charge is 0.311 e. The summed E-state index contributed by atoms with van der Waals surface area (Å²) in [7, 11) is 3.32. The lowest BCUT2D eigenvalue weighted by Gasteiger charge is -2.07. The van der Waals surface area contributed by atoms with Crippen molar-refractivity contribution in [2.75, 3.05) is 7.11 Å². The Kier molecular flexibility index (Phi) is 4.54. The van der Waals surface area contributed by atoms with E-state index in [1.54, 1.807) is 6.07 Å². The molecule has 0 radical (unpaired) electrons. The Bertz CT molecular complexity index is 652. The summed E-state index contributed by atoms with van der Waals surface area (Å²) in [5, 5.41) is 18.4. The molecule has 0 atom stereocenters. The van der Waals surface area contributed by atoms with Crippen LogP contribution in [0.25, 0.3) is 0 Å². The average Bonchev–Trinajstić information content (AvgIpc) is 2.79. The van der Waals surface area contributed by atoms with Gasteiger partial charge >= 0.3 is 5.69 Å². The van der Waals surface area contributed by atoms with Crippen molar-refractivity contribution in [3.63, 3.8) is 0 Å². The molecule has 1 aromatic carbocycles. The monoisotopic (exact) mass is 290 g/mol. The second-order valence-electron chi connectivity index (χ2n) is 4.75. The van der Waals surface area contributed by atoms with Gasteiger partial charge in [-0.25, -0.2) is 0 Å². The second kappa shape index (κ2) is 6.36. The van der Waals surface area contributed by atoms with Crippen LogP contribution in [-0.2, 0) is 20.1 Å². The third-order valence-corrected chi connectivity index (χ3v) is 3.42. The molecule has 7 heteroatoms. The van der Waals surface area contributed by atoms with Crippen molar-refractivity contribution in [3.8, 4) is 5.75 Å². The molecule has 2 rings (SSSR count). The maximum Gasteiger partial charge on any atom is 0.311 e. The van der Waals surface area contributed by atoms with E-state index < -0.39 is 4.92 Å². The van der Waals surface area contributed by atoms with Gasteiger partial charge in [-0.2, -0.15) is 5.10 Å². The zero-order chi connectivity index (χ0) is 15.4. The minimum atomic E-state index is -0.437. The molecule has 1 aromatic heterocycles. The van der Waals surface area contributed by atoms with Crippen LogP contribution in [0.3, 0.4) is 0 Å². The van der Waals surface area contributed by atoms with Crippen LogP contribution in [0.4, 0.5) is 5.69 Å². The molecule has 0 amide bonds. The summed E-state index contributed by atoms with van der Waals surface area (Å²) in [4.78, 5) is 10.5. The third-order valence-electron chi connectivity index (χ3n) is 3.42. The molecule has 2 aromatic rings. The number of hydrogen-bond donors (Lipinski definition) is 1. The first-order valence-electron chi connectivity index (χ1n) is 6.52. The summed E-state index contributed by atoms with van der Waals surface area (Å²) < 4.78 is 6.80.